The topological polar surface area (TPSA) is 106 Å². The number of hydrogen-bond acceptors (Lipinski definition) is 7. The Morgan fingerprint density at radius 2 is 1.94 bits per heavy atom. The van der Waals surface area contributed by atoms with E-state index in [2.05, 4.69) is 10.6 Å². The minimum Gasteiger partial charge on any atom is -0.491 e. The van der Waals surface area contributed by atoms with Gasteiger partial charge in [-0.1, -0.05) is 13.8 Å². The summed E-state index contributed by atoms with van der Waals surface area (Å²) in [5.41, 5.74) is 0.387. The van der Waals surface area contributed by atoms with Crippen LogP contribution in [0.15, 0.2) is 24.3 Å². The number of esters is 1. The zero-order valence-corrected chi connectivity index (χ0v) is 19.5. The van der Waals surface area contributed by atoms with Crippen molar-refractivity contribution < 1.29 is 28.6 Å². The van der Waals surface area contributed by atoms with Crippen molar-refractivity contribution in [3.05, 3.63) is 29.8 Å². The van der Waals surface area contributed by atoms with E-state index in [1.165, 1.54) is 0 Å². The van der Waals surface area contributed by atoms with E-state index in [0.29, 0.717) is 50.1 Å². The van der Waals surface area contributed by atoms with Crippen molar-refractivity contribution in [2.75, 3.05) is 40.0 Å². The molecule has 1 aromatic carbocycles. The highest BCUT2D eigenvalue weighted by Crippen LogP contribution is 2.14. The molecule has 1 saturated heterocycles. The van der Waals surface area contributed by atoms with E-state index >= 15 is 0 Å². The third kappa shape index (κ3) is 8.08. The second kappa shape index (κ2) is 13.0. The highest BCUT2D eigenvalue weighted by Gasteiger charge is 2.34. The van der Waals surface area contributed by atoms with Gasteiger partial charge in [-0.25, -0.2) is 0 Å². The lowest BCUT2D eigenvalue weighted by molar-refractivity contribution is -0.147. The lowest BCUT2D eigenvalue weighted by Crippen LogP contribution is -2.60. The van der Waals surface area contributed by atoms with Crippen LogP contribution in [0.4, 0.5) is 0 Å². The molecular weight excluding hydrogens is 434 g/mol. The van der Waals surface area contributed by atoms with E-state index in [1.54, 1.807) is 36.3 Å². The number of carbonyl (C=O) groups is 3. The number of thiocarbonyl (C=S) groups is 1. The van der Waals surface area contributed by atoms with Gasteiger partial charge in [0.05, 0.1) is 19.6 Å². The Hall–Kier alpha value is -2.72. The largest absolute Gasteiger partial charge is 0.491 e. The van der Waals surface area contributed by atoms with Gasteiger partial charge < -0.3 is 24.4 Å². The summed E-state index contributed by atoms with van der Waals surface area (Å²) in [7, 11) is 1.59. The molecule has 1 heterocycles. The Kier molecular flexibility index (Phi) is 10.4. The maximum atomic E-state index is 12.6. The first-order chi connectivity index (χ1) is 15.3. The molecule has 2 amide bonds. The summed E-state index contributed by atoms with van der Waals surface area (Å²) in [5, 5.41) is 5.46. The first-order valence-electron chi connectivity index (χ1n) is 10.6. The van der Waals surface area contributed by atoms with Crippen LogP contribution in [0.25, 0.3) is 0 Å². The molecular formula is C22H31N3O6S. The summed E-state index contributed by atoms with van der Waals surface area (Å²) in [6, 6.07) is 5.76. The maximum Gasteiger partial charge on any atom is 0.308 e. The number of nitrogens with zero attached hydrogens (tertiary/aromatic N) is 1. The van der Waals surface area contributed by atoms with Crippen molar-refractivity contribution in [2.45, 2.75) is 32.7 Å². The molecule has 176 valence electrons. The fourth-order valence-corrected chi connectivity index (χ4v) is 3.28. The van der Waals surface area contributed by atoms with Gasteiger partial charge in [-0.2, -0.15) is 0 Å². The van der Waals surface area contributed by atoms with E-state index in [9.17, 15) is 14.4 Å². The highest BCUT2D eigenvalue weighted by molar-refractivity contribution is 7.80. The molecule has 1 aromatic rings. The lowest BCUT2D eigenvalue weighted by atomic mass is 10.1. The molecule has 0 aliphatic carbocycles. The number of rotatable bonds is 10. The average molecular weight is 466 g/mol. The Balaban J connectivity index is 1.94. The van der Waals surface area contributed by atoms with E-state index in [4.69, 9.17) is 26.4 Å². The summed E-state index contributed by atoms with van der Waals surface area (Å²) >= 11 is 5.37. The van der Waals surface area contributed by atoms with Crippen LogP contribution in [0.3, 0.4) is 0 Å². The van der Waals surface area contributed by atoms with Gasteiger partial charge in [-0.05, 0) is 48.8 Å². The van der Waals surface area contributed by atoms with Gasteiger partial charge in [0.1, 0.15) is 18.4 Å². The number of carbonyl (C=O) groups excluding carboxylic acids is 3. The van der Waals surface area contributed by atoms with Crippen molar-refractivity contribution in [1.82, 2.24) is 15.5 Å². The molecule has 0 spiro atoms. The predicted octanol–water partition coefficient (Wildman–Crippen LogP) is 1.51. The molecule has 1 fully saturated rings. The van der Waals surface area contributed by atoms with Crippen LogP contribution >= 0.6 is 12.2 Å². The van der Waals surface area contributed by atoms with Crippen LogP contribution < -0.4 is 15.4 Å². The van der Waals surface area contributed by atoms with Crippen LogP contribution in [0.1, 0.15) is 37.0 Å². The van der Waals surface area contributed by atoms with E-state index in [1.807, 2.05) is 13.8 Å². The van der Waals surface area contributed by atoms with Gasteiger partial charge >= 0.3 is 5.97 Å². The third-order valence-electron chi connectivity index (χ3n) is 4.80. The molecule has 0 saturated carbocycles. The van der Waals surface area contributed by atoms with Crippen molar-refractivity contribution in [2.24, 2.45) is 5.92 Å². The van der Waals surface area contributed by atoms with Crippen LogP contribution in [0.2, 0.25) is 0 Å². The van der Waals surface area contributed by atoms with Gasteiger partial charge in [0.15, 0.2) is 5.11 Å². The van der Waals surface area contributed by atoms with E-state index in [0.717, 1.165) is 6.42 Å². The molecule has 0 aromatic heterocycles. The molecule has 32 heavy (non-hydrogen) atoms. The number of piperazine rings is 1. The van der Waals surface area contributed by atoms with Crippen molar-refractivity contribution in [1.29, 1.82) is 0 Å². The highest BCUT2D eigenvalue weighted by atomic mass is 32.1. The summed E-state index contributed by atoms with van der Waals surface area (Å²) in [6.45, 7) is 5.98. The summed E-state index contributed by atoms with van der Waals surface area (Å²) in [5.74, 6) is -0.194. The molecule has 0 radical (unpaired) electrons. The molecule has 2 N–H and O–H groups in total. The Bertz CT molecular complexity index is 799. The molecule has 0 bridgehead atoms. The molecule has 1 aliphatic heterocycles. The van der Waals surface area contributed by atoms with Gasteiger partial charge in [-0.3, -0.25) is 19.7 Å². The Morgan fingerprint density at radius 1 is 1.22 bits per heavy atom. The third-order valence-corrected chi connectivity index (χ3v) is 5.14. The standard InChI is InChI=1S/C22H31N3O6S/c1-15(2)8-11-31-19(26)14-18-21(28)23-9-10-25(18)22(32)24-20(27)16-4-6-17(7-5-16)30-13-12-29-3/h4-7,15,18H,8-14H2,1-3H3,(H,23,28)(H,24,27,32). The second-order valence-corrected chi connectivity index (χ2v) is 8.12. The zero-order chi connectivity index (χ0) is 23.5. The van der Waals surface area contributed by atoms with Gasteiger partial charge in [0.2, 0.25) is 5.91 Å². The number of benzene rings is 1. The first kappa shape index (κ1) is 25.5. The Labute approximate surface area is 193 Å². The van der Waals surface area contributed by atoms with Crippen LogP contribution in [-0.2, 0) is 19.1 Å². The monoisotopic (exact) mass is 465 g/mol. The molecule has 2 rings (SSSR count). The average Bonchev–Trinajstić information content (AvgIpc) is 2.75. The quantitative estimate of drug-likeness (QED) is 0.304. The predicted molar refractivity (Wildman–Crippen MR) is 122 cm³/mol. The van der Waals surface area contributed by atoms with Gasteiger partial charge in [0.25, 0.3) is 5.91 Å². The first-order valence-corrected chi connectivity index (χ1v) is 11.0. The van der Waals surface area contributed by atoms with Crippen LogP contribution in [0.5, 0.6) is 5.75 Å². The number of ether oxygens (including phenoxy) is 3. The number of amides is 2. The van der Waals surface area contributed by atoms with E-state index < -0.39 is 17.9 Å². The van der Waals surface area contributed by atoms with Crippen LogP contribution in [-0.4, -0.2) is 73.9 Å². The fourth-order valence-electron chi connectivity index (χ4n) is 2.97. The molecule has 1 atom stereocenters. The fraction of sp³-hybridized carbons (Fsp3) is 0.545. The summed E-state index contributed by atoms with van der Waals surface area (Å²) in [6.07, 6.45) is 0.602. The minimum absolute atomic E-state index is 0.0882. The molecule has 10 heteroatoms. The van der Waals surface area contributed by atoms with Crippen molar-refractivity contribution in [3.8, 4) is 5.75 Å². The summed E-state index contributed by atoms with van der Waals surface area (Å²) < 4.78 is 15.6. The SMILES string of the molecule is COCCOc1ccc(C(=O)NC(=S)N2CCNC(=O)C2CC(=O)OCCC(C)C)cc1. The number of nitrogens with one attached hydrogen (secondary N) is 2. The molecule has 1 unspecified atom stereocenters. The molecule has 1 aliphatic rings. The minimum atomic E-state index is -0.834. The van der Waals surface area contributed by atoms with Crippen molar-refractivity contribution in [3.63, 3.8) is 0 Å². The smallest absolute Gasteiger partial charge is 0.308 e. The van der Waals surface area contributed by atoms with Gasteiger partial charge in [0, 0.05) is 25.8 Å². The Morgan fingerprint density at radius 3 is 2.59 bits per heavy atom. The van der Waals surface area contributed by atoms with Crippen molar-refractivity contribution >= 4 is 35.1 Å². The van der Waals surface area contributed by atoms with Gasteiger partial charge in [-0.15, -0.1) is 0 Å². The lowest BCUT2D eigenvalue weighted by Gasteiger charge is -2.36. The number of hydrogen-bond donors (Lipinski definition) is 2. The molecule has 9 nitrogen and oxygen atoms in total. The maximum absolute atomic E-state index is 12.6. The normalized spacial score (nSPS) is 15.8. The summed E-state index contributed by atoms with van der Waals surface area (Å²) in [4.78, 5) is 38.7. The van der Waals surface area contributed by atoms with Crippen LogP contribution in [0, 0.1) is 5.92 Å². The second-order valence-electron chi connectivity index (χ2n) is 7.73. The zero-order valence-electron chi connectivity index (χ0n) is 18.7. The van der Waals surface area contributed by atoms with E-state index in [-0.39, 0.29) is 17.4 Å². The number of methoxy groups -OCH3 is 1.